The Morgan fingerprint density at radius 2 is 2.00 bits per heavy atom. The number of amides is 3. The van der Waals surface area contributed by atoms with Crippen molar-refractivity contribution in [3.05, 3.63) is 0 Å². The van der Waals surface area contributed by atoms with Crippen LogP contribution in [0.25, 0.3) is 0 Å². The minimum absolute atomic E-state index is 0.0591. The smallest absolute Gasteiger partial charge is 0.324 e. The lowest BCUT2D eigenvalue weighted by Gasteiger charge is -2.45. The number of fused-ring (bicyclic) bond motifs is 3. The van der Waals surface area contributed by atoms with Gasteiger partial charge in [-0.15, -0.1) is 0 Å². The number of nitrogens with two attached hydrogens (primary N) is 1. The van der Waals surface area contributed by atoms with Gasteiger partial charge in [0.1, 0.15) is 31.4 Å². The van der Waals surface area contributed by atoms with Crippen molar-refractivity contribution in [2.75, 3.05) is 26.6 Å². The summed E-state index contributed by atoms with van der Waals surface area (Å²) in [5.74, 6) is -0.800. The average Bonchev–Trinajstić information content (AvgIpc) is 3.04. The molecule has 12 heteroatoms. The van der Waals surface area contributed by atoms with Gasteiger partial charge in [-0.05, 0) is 38.7 Å². The Morgan fingerprint density at radius 3 is 2.74 bits per heavy atom. The van der Waals surface area contributed by atoms with Gasteiger partial charge in [0.05, 0.1) is 18.2 Å². The van der Waals surface area contributed by atoms with Gasteiger partial charge in [0.25, 0.3) is 0 Å². The second kappa shape index (κ2) is 10.8. The minimum Gasteiger partial charge on any atom is -0.369 e. The molecule has 4 fully saturated rings. The van der Waals surface area contributed by atoms with E-state index in [2.05, 4.69) is 35.6 Å². The molecule has 0 aromatic rings. The Balaban J connectivity index is 1.56. The Kier molecular flexibility index (Phi) is 8.17. The molecule has 0 aliphatic carbocycles. The second-order valence-corrected chi connectivity index (χ2v) is 16.7. The Labute approximate surface area is 203 Å². The molecular formula is C22H42N6O5Si. The second-order valence-electron chi connectivity index (χ2n) is 11.1. The van der Waals surface area contributed by atoms with Gasteiger partial charge < -0.3 is 19.9 Å². The van der Waals surface area contributed by atoms with Crippen LogP contribution in [0.2, 0.25) is 25.7 Å². The molecule has 6 unspecified atom stereocenters. The first kappa shape index (κ1) is 25.8. The van der Waals surface area contributed by atoms with Crippen molar-refractivity contribution in [3.8, 4) is 0 Å². The van der Waals surface area contributed by atoms with E-state index in [1.807, 2.05) is 11.8 Å². The molecule has 0 radical (unpaired) electrons. The van der Waals surface area contributed by atoms with Gasteiger partial charge in [0, 0.05) is 28.0 Å². The number of carbonyl (C=O) groups excluding carboxylic acids is 2. The van der Waals surface area contributed by atoms with E-state index in [-0.39, 0.29) is 49.4 Å². The van der Waals surface area contributed by atoms with Crippen molar-refractivity contribution in [1.82, 2.24) is 25.8 Å². The van der Waals surface area contributed by atoms with Crippen molar-refractivity contribution >= 4 is 20.0 Å². The summed E-state index contributed by atoms with van der Waals surface area (Å²) in [6, 6.07) is 0.692. The van der Waals surface area contributed by atoms with Crippen LogP contribution >= 0.6 is 0 Å². The molecule has 4 rings (SSSR count). The molecule has 11 nitrogen and oxygen atoms in total. The third kappa shape index (κ3) is 5.74. The number of carbonyl (C=O) groups is 2. The molecule has 2 bridgehead atoms. The summed E-state index contributed by atoms with van der Waals surface area (Å²) in [4.78, 5) is 29.5. The van der Waals surface area contributed by atoms with Crippen molar-refractivity contribution in [1.29, 1.82) is 0 Å². The van der Waals surface area contributed by atoms with Crippen LogP contribution < -0.4 is 21.7 Å². The summed E-state index contributed by atoms with van der Waals surface area (Å²) in [7, 11) is -1.23. The lowest BCUT2D eigenvalue weighted by Crippen LogP contribution is -2.69. The van der Waals surface area contributed by atoms with Crippen LogP contribution in [0.4, 0.5) is 4.79 Å². The normalized spacial score (nSPS) is 37.1. The Morgan fingerprint density at radius 1 is 1.21 bits per heavy atom. The van der Waals surface area contributed by atoms with Crippen molar-refractivity contribution in [2.24, 2.45) is 11.7 Å². The SMILES string of the molecule is C[C@@H]1CCCOC2NCNC3C2N(C(=O)N3COCC[Si](C)(C)C)C2CCC(C(N)=O)C(N2)O1. The lowest BCUT2D eigenvalue weighted by molar-refractivity contribution is -0.143. The van der Waals surface area contributed by atoms with Gasteiger partial charge in [-0.1, -0.05) is 19.6 Å². The molecule has 4 aliphatic heterocycles. The number of nitrogens with one attached hydrogen (secondary N) is 3. The van der Waals surface area contributed by atoms with E-state index in [9.17, 15) is 9.59 Å². The van der Waals surface area contributed by atoms with Crippen molar-refractivity contribution < 1.29 is 23.8 Å². The highest BCUT2D eigenvalue weighted by molar-refractivity contribution is 6.76. The van der Waals surface area contributed by atoms with E-state index in [4.69, 9.17) is 19.9 Å². The predicted molar refractivity (Wildman–Crippen MR) is 129 cm³/mol. The maximum Gasteiger partial charge on any atom is 0.324 e. The summed E-state index contributed by atoms with van der Waals surface area (Å²) >= 11 is 0. The van der Waals surface area contributed by atoms with E-state index in [0.717, 1.165) is 18.9 Å². The number of ether oxygens (including phenoxy) is 3. The van der Waals surface area contributed by atoms with Gasteiger partial charge in [0.2, 0.25) is 5.91 Å². The summed E-state index contributed by atoms with van der Waals surface area (Å²) in [6.07, 6.45) is 1.38. The lowest BCUT2D eigenvalue weighted by atomic mass is 9.93. The Bertz CT molecular complexity index is 739. The number of urea groups is 1. The van der Waals surface area contributed by atoms with Crippen molar-refractivity contribution in [2.45, 2.75) is 95.2 Å². The highest BCUT2D eigenvalue weighted by Crippen LogP contribution is 2.33. The van der Waals surface area contributed by atoms with Gasteiger partial charge in [0.15, 0.2) is 0 Å². The summed E-state index contributed by atoms with van der Waals surface area (Å²) < 4.78 is 18.4. The monoisotopic (exact) mass is 498 g/mol. The first-order valence-electron chi connectivity index (χ1n) is 12.6. The molecule has 0 saturated carbocycles. The van der Waals surface area contributed by atoms with E-state index in [1.165, 1.54) is 0 Å². The highest BCUT2D eigenvalue weighted by atomic mass is 28.3. The summed E-state index contributed by atoms with van der Waals surface area (Å²) in [5.41, 5.74) is 5.69. The zero-order valence-electron chi connectivity index (χ0n) is 20.9. The average molecular weight is 499 g/mol. The first-order valence-corrected chi connectivity index (χ1v) is 16.3. The molecule has 4 aliphatic rings. The van der Waals surface area contributed by atoms with Crippen LogP contribution in [0.3, 0.4) is 0 Å². The van der Waals surface area contributed by atoms with Crippen LogP contribution in [0.15, 0.2) is 0 Å². The van der Waals surface area contributed by atoms with Crippen LogP contribution in [0.1, 0.15) is 32.6 Å². The van der Waals surface area contributed by atoms with Crippen LogP contribution in [0.5, 0.6) is 0 Å². The Hall–Kier alpha value is -1.28. The third-order valence-corrected chi connectivity index (χ3v) is 8.91. The number of rotatable bonds is 6. The van der Waals surface area contributed by atoms with Crippen molar-refractivity contribution in [3.63, 3.8) is 0 Å². The summed E-state index contributed by atoms with van der Waals surface area (Å²) in [6.45, 7) is 10.9. The quantitative estimate of drug-likeness (QED) is 0.309. The molecule has 34 heavy (non-hydrogen) atoms. The molecule has 4 saturated heterocycles. The zero-order valence-corrected chi connectivity index (χ0v) is 21.9. The number of primary amides is 1. The van der Waals surface area contributed by atoms with Crippen LogP contribution in [0, 0.1) is 5.92 Å². The van der Waals surface area contributed by atoms with E-state index in [1.54, 1.807) is 4.90 Å². The fraction of sp³-hybridized carbons (Fsp3) is 0.909. The topological polar surface area (TPSA) is 130 Å². The largest absolute Gasteiger partial charge is 0.369 e. The number of hydrogen-bond donors (Lipinski definition) is 4. The van der Waals surface area contributed by atoms with E-state index < -0.39 is 20.2 Å². The molecule has 0 aromatic heterocycles. The molecule has 4 heterocycles. The zero-order chi connectivity index (χ0) is 24.5. The molecule has 5 N–H and O–H groups in total. The number of piperidine rings is 1. The third-order valence-electron chi connectivity index (χ3n) is 7.20. The molecule has 3 amide bonds. The van der Waals surface area contributed by atoms with Crippen LogP contribution in [-0.4, -0.2) is 93.4 Å². The maximum atomic E-state index is 13.8. The number of nitrogens with zero attached hydrogens (tertiary/aromatic N) is 2. The van der Waals surface area contributed by atoms with Gasteiger partial charge in [-0.25, -0.2) is 4.79 Å². The standard InChI is InChI=1S/C22H42N6O5Si/c1-14-6-5-9-32-21-17-19(24-12-25-21)27(13-31-10-11-34(2,3)4)22(30)28(17)16-8-7-15(18(23)29)20(26-16)33-14/h14-17,19-21,24-26H,5-13H2,1-4H3,(H2,23,29)/t14-,15?,16?,17?,19?,20?,21?/m1/s1. The van der Waals surface area contributed by atoms with E-state index >= 15 is 0 Å². The van der Waals surface area contributed by atoms with Gasteiger partial charge >= 0.3 is 6.03 Å². The predicted octanol–water partition coefficient (Wildman–Crippen LogP) is 0.560. The highest BCUT2D eigenvalue weighted by Gasteiger charge is 2.55. The molecule has 0 aromatic carbocycles. The molecular weight excluding hydrogens is 456 g/mol. The summed E-state index contributed by atoms with van der Waals surface area (Å²) in [5, 5.41) is 10.3. The molecule has 0 spiro atoms. The molecule has 194 valence electrons. The van der Waals surface area contributed by atoms with Crippen LogP contribution in [-0.2, 0) is 19.0 Å². The fourth-order valence-corrected chi connectivity index (χ4v) is 6.01. The maximum absolute atomic E-state index is 13.8. The first-order chi connectivity index (χ1) is 16.2. The fourth-order valence-electron chi connectivity index (χ4n) is 5.26. The van der Waals surface area contributed by atoms with E-state index in [0.29, 0.717) is 32.7 Å². The van der Waals surface area contributed by atoms with Gasteiger partial charge in [-0.2, -0.15) is 0 Å². The number of hydrogen-bond acceptors (Lipinski definition) is 8. The minimum atomic E-state index is -1.23. The van der Waals surface area contributed by atoms with Gasteiger partial charge in [-0.3, -0.25) is 30.5 Å². The molecule has 7 atom stereocenters.